The average Bonchev–Trinajstić information content (AvgIpc) is 3.34. The van der Waals surface area contributed by atoms with Crippen molar-refractivity contribution in [3.63, 3.8) is 0 Å². The summed E-state index contributed by atoms with van der Waals surface area (Å²) in [5, 5.41) is 38.7. The molecule has 1 atom stereocenters. The molecule has 14 nitrogen and oxygen atoms in total. The van der Waals surface area contributed by atoms with Crippen molar-refractivity contribution < 1.29 is 54.2 Å². The zero-order valence-corrected chi connectivity index (χ0v) is 20.8. The van der Waals surface area contributed by atoms with Gasteiger partial charge in [-0.15, -0.1) is 16.4 Å². The van der Waals surface area contributed by atoms with Gasteiger partial charge in [0.1, 0.15) is 30.3 Å². The van der Waals surface area contributed by atoms with Crippen LogP contribution in [0, 0.1) is 0 Å². The summed E-state index contributed by atoms with van der Waals surface area (Å²) < 4.78 is 1.43. The average molecular weight is 489 g/mol. The first-order chi connectivity index (χ1) is 14.8. The number of carboxylic acid groups (broad SMARTS) is 1. The molecule has 0 bridgehead atoms. The van der Waals surface area contributed by atoms with Gasteiger partial charge >= 0.3 is 35.5 Å². The van der Waals surface area contributed by atoms with Crippen LogP contribution in [0.3, 0.4) is 0 Å². The van der Waals surface area contributed by atoms with Gasteiger partial charge in [0, 0.05) is 24.1 Å². The van der Waals surface area contributed by atoms with Crippen LogP contribution < -0.4 is 40.4 Å². The fraction of sp³-hybridized carbons (Fsp3) is 0.333. The molecule has 3 N–H and O–H groups in total. The summed E-state index contributed by atoms with van der Waals surface area (Å²) in [6.07, 6.45) is 1.37. The molecule has 3 rings (SSSR count). The largest absolute Gasteiger partial charge is 1.00 e. The van der Waals surface area contributed by atoms with E-state index in [1.54, 1.807) is 7.05 Å². The number of aliphatic carboxylic acids is 1. The van der Waals surface area contributed by atoms with Crippen molar-refractivity contribution in [2.75, 3.05) is 25.1 Å². The van der Waals surface area contributed by atoms with Crippen molar-refractivity contribution in [1.82, 2.24) is 30.1 Å². The molecule has 1 aliphatic rings. The number of nitrogens with zero attached hydrogens (tertiary/aromatic N) is 8. The maximum atomic E-state index is 12.5. The Morgan fingerprint density at radius 2 is 2.31 bits per heavy atom. The molecule has 2 aromatic rings. The predicted octanol–water partition coefficient (Wildman–Crippen LogP) is -4.67. The first kappa shape index (κ1) is 25.7. The SMILES string of the molecule is CO/N=C(\C([O-])=NC1CN(/C(=C\CSc2nnnn2C)C(=O)O)C1=O)c1csc(N)n1.[Na+]. The van der Waals surface area contributed by atoms with E-state index in [9.17, 15) is 19.8 Å². The summed E-state index contributed by atoms with van der Waals surface area (Å²) in [6.45, 7) is -0.0711. The molecular weight excluding hydrogens is 473 g/mol. The number of aromatic nitrogens is 5. The minimum atomic E-state index is -1.28. The van der Waals surface area contributed by atoms with Crippen LogP contribution in [0.25, 0.3) is 0 Å². The van der Waals surface area contributed by atoms with Crippen molar-refractivity contribution in [2.24, 2.45) is 17.2 Å². The molecular formula is C15H16N9NaO5S2. The van der Waals surface area contributed by atoms with E-state index < -0.39 is 23.8 Å². The molecule has 1 unspecified atom stereocenters. The Morgan fingerprint density at radius 1 is 1.56 bits per heavy atom. The first-order valence-corrected chi connectivity index (χ1v) is 10.4. The number of oxime groups is 1. The van der Waals surface area contributed by atoms with E-state index in [0.717, 1.165) is 16.2 Å². The van der Waals surface area contributed by atoms with Crippen LogP contribution in [0.5, 0.6) is 0 Å². The molecule has 0 aliphatic carbocycles. The Balaban J connectivity index is 0.00000363. The second-order valence-corrected chi connectivity index (χ2v) is 7.76. The number of tetrazole rings is 1. The molecule has 0 saturated carbocycles. The molecule has 1 aliphatic heterocycles. The van der Waals surface area contributed by atoms with Gasteiger partial charge in [-0.1, -0.05) is 16.9 Å². The van der Waals surface area contributed by atoms with Crippen LogP contribution in [0.15, 0.2) is 32.5 Å². The molecule has 0 spiro atoms. The molecule has 17 heteroatoms. The zero-order valence-electron chi connectivity index (χ0n) is 17.2. The van der Waals surface area contributed by atoms with Gasteiger partial charge in [0.05, 0.1) is 6.54 Å². The summed E-state index contributed by atoms with van der Waals surface area (Å²) in [7, 11) is 2.89. The third-order valence-electron chi connectivity index (χ3n) is 3.91. The van der Waals surface area contributed by atoms with Gasteiger partial charge in [-0.3, -0.25) is 9.79 Å². The number of hydrogen-bond acceptors (Lipinski definition) is 13. The number of amides is 1. The number of nitrogen functional groups attached to an aromatic ring is 1. The minimum absolute atomic E-state index is 0. The smallest absolute Gasteiger partial charge is 0.857 e. The number of carbonyl (C=O) groups is 2. The zero-order chi connectivity index (χ0) is 22.5. The maximum Gasteiger partial charge on any atom is 1.00 e. The molecule has 0 radical (unpaired) electrons. The summed E-state index contributed by atoms with van der Waals surface area (Å²) in [4.78, 5) is 37.5. The van der Waals surface area contributed by atoms with Gasteiger partial charge in [0.2, 0.25) is 5.16 Å². The van der Waals surface area contributed by atoms with Crippen molar-refractivity contribution in [3.8, 4) is 0 Å². The molecule has 32 heavy (non-hydrogen) atoms. The van der Waals surface area contributed by atoms with Gasteiger partial charge in [0.25, 0.3) is 5.91 Å². The summed E-state index contributed by atoms with van der Waals surface area (Å²) in [5.41, 5.74) is 5.31. The molecule has 1 fully saturated rings. The first-order valence-electron chi connectivity index (χ1n) is 8.49. The molecule has 3 heterocycles. The number of thiazole rings is 1. The third kappa shape index (κ3) is 5.83. The number of nitrogens with two attached hydrogens (primary N) is 1. The van der Waals surface area contributed by atoms with Crippen molar-refractivity contribution in [1.29, 1.82) is 0 Å². The quantitative estimate of drug-likeness (QED) is 0.0653. The Bertz CT molecular complexity index is 1080. The van der Waals surface area contributed by atoms with Crippen LogP contribution in [-0.2, 0) is 21.5 Å². The van der Waals surface area contributed by atoms with Gasteiger partial charge < -0.3 is 25.7 Å². The molecule has 164 valence electrons. The Morgan fingerprint density at radius 3 is 2.84 bits per heavy atom. The number of rotatable bonds is 9. The van der Waals surface area contributed by atoms with E-state index in [-0.39, 0.29) is 64.1 Å². The van der Waals surface area contributed by atoms with E-state index in [1.165, 1.54) is 35.0 Å². The Labute approximate surface area is 211 Å². The Hall–Kier alpha value is -2.53. The topological polar surface area (TPSA) is 197 Å². The number of hydrogen-bond donors (Lipinski definition) is 2. The number of carboxylic acids is 1. The second kappa shape index (κ2) is 11.4. The van der Waals surface area contributed by atoms with Crippen LogP contribution in [0.4, 0.5) is 5.13 Å². The number of carbonyl (C=O) groups excluding carboxylic acids is 1. The molecule has 0 aromatic carbocycles. The van der Waals surface area contributed by atoms with Crippen LogP contribution >= 0.6 is 23.1 Å². The van der Waals surface area contributed by atoms with Gasteiger partial charge in [-0.25, -0.2) is 14.5 Å². The van der Waals surface area contributed by atoms with Crippen LogP contribution in [-0.4, -0.2) is 84.1 Å². The van der Waals surface area contributed by atoms with E-state index in [0.29, 0.717) is 5.16 Å². The molecule has 1 amide bonds. The van der Waals surface area contributed by atoms with Gasteiger partial charge in [-0.2, -0.15) is 0 Å². The monoisotopic (exact) mass is 489 g/mol. The molecule has 2 aromatic heterocycles. The van der Waals surface area contributed by atoms with Crippen molar-refractivity contribution in [3.05, 3.63) is 22.8 Å². The van der Waals surface area contributed by atoms with Crippen molar-refractivity contribution in [2.45, 2.75) is 11.2 Å². The fourth-order valence-corrected chi connectivity index (χ4v) is 3.71. The number of β-lactam (4-membered cyclic amide) rings is 1. The van der Waals surface area contributed by atoms with Crippen LogP contribution in [0.1, 0.15) is 5.69 Å². The molecule has 1 saturated heterocycles. The van der Waals surface area contributed by atoms with Gasteiger partial charge in [0.15, 0.2) is 5.13 Å². The summed E-state index contributed by atoms with van der Waals surface area (Å²) in [6, 6.07) is -1.04. The number of likely N-dealkylation sites (tertiary alicyclic amines) is 1. The van der Waals surface area contributed by atoms with Crippen molar-refractivity contribution >= 4 is 51.7 Å². The number of aliphatic imine (C=N–C) groups is 1. The maximum absolute atomic E-state index is 12.5. The van der Waals surface area contributed by atoms with Crippen LogP contribution in [0.2, 0.25) is 0 Å². The Kier molecular flexibility index (Phi) is 9.14. The summed E-state index contributed by atoms with van der Waals surface area (Å²) in [5.74, 6) is -2.51. The number of anilines is 1. The normalized spacial score (nSPS) is 17.1. The van der Waals surface area contributed by atoms with E-state index in [1.807, 2.05) is 0 Å². The standard InChI is InChI=1S/C15H17N9O5S2.Na/c1-23-15(19-21-22-23)30-4-3-9(13(27)28)24-5-7(12(24)26)17-11(25)10(20-29-2)8-6-31-14(16)18-8;/h3,6-7H,4-5H2,1-2H3,(H2,16,18)(H,17,25)(H,27,28);/q;+1/p-1/b9-3-,20-10-;. The second-order valence-electron chi connectivity index (χ2n) is 5.88. The fourth-order valence-electron chi connectivity index (χ4n) is 2.46. The van der Waals surface area contributed by atoms with E-state index in [2.05, 4.69) is 35.5 Å². The predicted molar refractivity (Wildman–Crippen MR) is 108 cm³/mol. The van der Waals surface area contributed by atoms with Gasteiger partial charge in [-0.05, 0) is 16.5 Å². The number of aryl methyl sites for hydroxylation is 1. The third-order valence-corrected chi connectivity index (χ3v) is 5.52. The summed E-state index contributed by atoms with van der Waals surface area (Å²) >= 11 is 2.30. The van der Waals surface area contributed by atoms with E-state index in [4.69, 9.17) is 5.73 Å². The van der Waals surface area contributed by atoms with E-state index >= 15 is 0 Å². The number of thioether (sulfide) groups is 1. The minimum Gasteiger partial charge on any atom is -0.857 e.